The van der Waals surface area contributed by atoms with Gasteiger partial charge in [0.05, 0.1) is 18.9 Å². The summed E-state index contributed by atoms with van der Waals surface area (Å²) < 4.78 is 16.0. The maximum absolute atomic E-state index is 11.9. The Labute approximate surface area is 114 Å². The maximum atomic E-state index is 11.9. The molecular weight excluding hydrogens is 244 g/mol. The highest BCUT2D eigenvalue weighted by Crippen LogP contribution is 2.31. The SMILES string of the molecule is COC(=O)C1=C[C@@H]2CCCCCCC1=CO[C@@H]2OC. The molecule has 106 valence electrons. The normalized spacial score (nSPS) is 27.7. The summed E-state index contributed by atoms with van der Waals surface area (Å²) >= 11 is 0. The summed E-state index contributed by atoms with van der Waals surface area (Å²) in [6.45, 7) is 0. The molecule has 4 nitrogen and oxygen atoms in total. The van der Waals surface area contributed by atoms with Crippen LogP contribution in [0.2, 0.25) is 0 Å². The van der Waals surface area contributed by atoms with E-state index >= 15 is 0 Å². The van der Waals surface area contributed by atoms with E-state index in [9.17, 15) is 4.79 Å². The zero-order chi connectivity index (χ0) is 13.7. The van der Waals surface area contributed by atoms with Crippen molar-refractivity contribution < 1.29 is 19.0 Å². The van der Waals surface area contributed by atoms with Crippen LogP contribution in [0.15, 0.2) is 23.5 Å². The Morgan fingerprint density at radius 2 is 2.05 bits per heavy atom. The van der Waals surface area contributed by atoms with Gasteiger partial charge in [-0.05, 0) is 19.3 Å². The van der Waals surface area contributed by atoms with E-state index in [0.717, 1.165) is 31.3 Å². The molecule has 0 aromatic heterocycles. The van der Waals surface area contributed by atoms with Crippen molar-refractivity contribution in [2.24, 2.45) is 5.92 Å². The van der Waals surface area contributed by atoms with Crippen LogP contribution in [-0.2, 0) is 19.0 Å². The monoisotopic (exact) mass is 266 g/mol. The molecule has 0 amide bonds. The molecule has 0 fully saturated rings. The van der Waals surface area contributed by atoms with Crippen LogP contribution < -0.4 is 0 Å². The van der Waals surface area contributed by atoms with Gasteiger partial charge in [-0.2, -0.15) is 0 Å². The highest BCUT2D eigenvalue weighted by molar-refractivity contribution is 5.93. The van der Waals surface area contributed by atoms with Crippen molar-refractivity contribution in [2.75, 3.05) is 14.2 Å². The van der Waals surface area contributed by atoms with Crippen LogP contribution in [-0.4, -0.2) is 26.5 Å². The van der Waals surface area contributed by atoms with Crippen LogP contribution in [0.25, 0.3) is 0 Å². The molecule has 2 rings (SSSR count). The predicted molar refractivity (Wildman–Crippen MR) is 71.3 cm³/mol. The molecule has 2 bridgehead atoms. The lowest BCUT2D eigenvalue weighted by atomic mass is 9.91. The number of hydrogen-bond donors (Lipinski definition) is 0. The van der Waals surface area contributed by atoms with E-state index in [2.05, 4.69) is 0 Å². The molecule has 1 aliphatic carbocycles. The number of ether oxygens (including phenoxy) is 3. The van der Waals surface area contributed by atoms with Crippen molar-refractivity contribution in [2.45, 2.75) is 44.8 Å². The first-order valence-corrected chi connectivity index (χ1v) is 6.94. The van der Waals surface area contributed by atoms with Gasteiger partial charge in [-0.25, -0.2) is 4.79 Å². The summed E-state index contributed by atoms with van der Waals surface area (Å²) in [7, 11) is 3.06. The molecule has 1 aliphatic heterocycles. The predicted octanol–water partition coefficient (Wildman–Crippen LogP) is 2.94. The Balaban J connectivity index is 2.34. The fourth-order valence-electron chi connectivity index (χ4n) is 2.71. The second kappa shape index (κ2) is 6.75. The number of rotatable bonds is 2. The quantitative estimate of drug-likeness (QED) is 0.721. The topological polar surface area (TPSA) is 44.8 Å². The van der Waals surface area contributed by atoms with Gasteiger partial charge in [-0.3, -0.25) is 0 Å². The minimum absolute atomic E-state index is 0.103. The third kappa shape index (κ3) is 3.38. The molecule has 0 spiro atoms. The molecule has 0 saturated heterocycles. The standard InChI is InChI=1S/C15H22O4/c1-17-14(16)13-9-11-7-5-3-4-6-8-12(13)10-19-15(11)18-2/h9-11,15H,3-8H2,1-2H3/t11-,15-/m0/s1. The average Bonchev–Trinajstić information content (AvgIpc) is 2.64. The van der Waals surface area contributed by atoms with Gasteiger partial charge < -0.3 is 14.2 Å². The van der Waals surface area contributed by atoms with E-state index in [1.165, 1.54) is 20.0 Å². The smallest absolute Gasteiger partial charge is 0.337 e. The molecule has 0 aromatic rings. The first-order valence-electron chi connectivity index (χ1n) is 6.94. The van der Waals surface area contributed by atoms with Crippen molar-refractivity contribution in [1.82, 2.24) is 0 Å². The highest BCUT2D eigenvalue weighted by Gasteiger charge is 2.28. The number of methoxy groups -OCH3 is 2. The fourth-order valence-corrected chi connectivity index (χ4v) is 2.71. The third-order valence-electron chi connectivity index (χ3n) is 3.79. The molecule has 1 heterocycles. The van der Waals surface area contributed by atoms with Gasteiger partial charge in [0.1, 0.15) is 0 Å². The fraction of sp³-hybridized carbons (Fsp3) is 0.667. The number of carbonyl (C=O) groups is 1. The van der Waals surface area contributed by atoms with Crippen LogP contribution in [0.3, 0.4) is 0 Å². The lowest BCUT2D eigenvalue weighted by Crippen LogP contribution is -2.22. The molecule has 0 saturated carbocycles. The lowest BCUT2D eigenvalue weighted by molar-refractivity contribution is -0.135. The Bertz CT molecular complexity index is 384. The van der Waals surface area contributed by atoms with Gasteiger partial charge in [0, 0.05) is 18.6 Å². The minimum Gasteiger partial charge on any atom is -0.472 e. The summed E-state index contributed by atoms with van der Waals surface area (Å²) in [5.41, 5.74) is 1.58. The first-order chi connectivity index (χ1) is 9.26. The second-order valence-corrected chi connectivity index (χ2v) is 5.07. The number of carbonyl (C=O) groups excluding carboxylic acids is 1. The molecule has 4 heteroatoms. The average molecular weight is 266 g/mol. The van der Waals surface area contributed by atoms with Crippen molar-refractivity contribution in [3.05, 3.63) is 23.5 Å². The molecule has 0 radical (unpaired) electrons. The van der Waals surface area contributed by atoms with E-state index in [0.29, 0.717) is 5.57 Å². The van der Waals surface area contributed by atoms with Crippen LogP contribution in [0.1, 0.15) is 38.5 Å². The Hall–Kier alpha value is -1.29. The molecule has 0 N–H and O–H groups in total. The van der Waals surface area contributed by atoms with Gasteiger partial charge in [-0.15, -0.1) is 0 Å². The number of esters is 1. The third-order valence-corrected chi connectivity index (χ3v) is 3.79. The van der Waals surface area contributed by atoms with Crippen LogP contribution in [0, 0.1) is 5.92 Å². The summed E-state index contributed by atoms with van der Waals surface area (Å²) in [6.07, 6.45) is 9.80. The zero-order valence-corrected chi connectivity index (χ0v) is 11.7. The van der Waals surface area contributed by atoms with Crippen LogP contribution >= 0.6 is 0 Å². The van der Waals surface area contributed by atoms with E-state index in [1.54, 1.807) is 13.4 Å². The molecular formula is C15H22O4. The Morgan fingerprint density at radius 3 is 2.79 bits per heavy atom. The van der Waals surface area contributed by atoms with Gasteiger partial charge >= 0.3 is 5.97 Å². The summed E-state index contributed by atoms with van der Waals surface area (Å²) in [5.74, 6) is -0.178. The largest absolute Gasteiger partial charge is 0.472 e. The molecule has 2 aliphatic rings. The summed E-state index contributed by atoms with van der Waals surface area (Å²) in [6, 6.07) is 0. The molecule has 0 unspecified atom stereocenters. The minimum atomic E-state index is -0.310. The Morgan fingerprint density at radius 1 is 1.26 bits per heavy atom. The summed E-state index contributed by atoms with van der Waals surface area (Å²) in [5, 5.41) is 0. The summed E-state index contributed by atoms with van der Waals surface area (Å²) in [4.78, 5) is 11.9. The van der Waals surface area contributed by atoms with Crippen LogP contribution in [0.4, 0.5) is 0 Å². The van der Waals surface area contributed by atoms with Gasteiger partial charge in [0.15, 0.2) is 0 Å². The second-order valence-electron chi connectivity index (χ2n) is 5.07. The van der Waals surface area contributed by atoms with E-state index in [4.69, 9.17) is 14.2 Å². The van der Waals surface area contributed by atoms with Crippen molar-refractivity contribution in [3.63, 3.8) is 0 Å². The molecule has 19 heavy (non-hydrogen) atoms. The molecule has 2 atom stereocenters. The van der Waals surface area contributed by atoms with Gasteiger partial charge in [0.25, 0.3) is 0 Å². The number of hydrogen-bond acceptors (Lipinski definition) is 4. The zero-order valence-electron chi connectivity index (χ0n) is 11.7. The van der Waals surface area contributed by atoms with E-state index in [1.807, 2.05) is 6.08 Å². The first kappa shape index (κ1) is 14.1. The highest BCUT2D eigenvalue weighted by atomic mass is 16.7. The van der Waals surface area contributed by atoms with Gasteiger partial charge in [0.2, 0.25) is 6.29 Å². The van der Waals surface area contributed by atoms with Crippen LogP contribution in [0.5, 0.6) is 0 Å². The Kier molecular flexibility index (Phi) is 5.02. The van der Waals surface area contributed by atoms with E-state index in [-0.39, 0.29) is 18.2 Å². The van der Waals surface area contributed by atoms with E-state index < -0.39 is 0 Å². The van der Waals surface area contributed by atoms with Crippen molar-refractivity contribution in [1.29, 1.82) is 0 Å². The maximum Gasteiger partial charge on any atom is 0.337 e. The lowest BCUT2D eigenvalue weighted by Gasteiger charge is -2.21. The van der Waals surface area contributed by atoms with Gasteiger partial charge in [-0.1, -0.05) is 25.3 Å². The number of fused-ring (bicyclic) bond motifs is 2. The molecule has 0 aromatic carbocycles. The van der Waals surface area contributed by atoms with Crippen molar-refractivity contribution >= 4 is 5.97 Å². The van der Waals surface area contributed by atoms with Crippen molar-refractivity contribution in [3.8, 4) is 0 Å².